The van der Waals surface area contributed by atoms with Crippen LogP contribution in [0.3, 0.4) is 0 Å². The Morgan fingerprint density at radius 1 is 1.26 bits per heavy atom. The van der Waals surface area contributed by atoms with Crippen LogP contribution in [0.5, 0.6) is 0 Å². The lowest BCUT2D eigenvalue weighted by molar-refractivity contribution is -0.121. The lowest BCUT2D eigenvalue weighted by atomic mass is 9.90. The molecule has 4 rings (SSSR count). The van der Waals surface area contributed by atoms with Gasteiger partial charge in [0.25, 0.3) is 0 Å². The Labute approximate surface area is 136 Å². The third-order valence-electron chi connectivity index (χ3n) is 4.78. The molecular weight excluding hydrogens is 288 g/mol. The van der Waals surface area contributed by atoms with Gasteiger partial charge in [-0.25, -0.2) is 0 Å². The summed E-state index contributed by atoms with van der Waals surface area (Å²) in [5.41, 5.74) is 8.89. The largest absolute Gasteiger partial charge is 0.457 e. The van der Waals surface area contributed by atoms with Crippen LogP contribution >= 0.6 is 0 Å². The summed E-state index contributed by atoms with van der Waals surface area (Å²) in [7, 11) is 0. The van der Waals surface area contributed by atoms with Crippen LogP contribution in [0, 0.1) is 11.8 Å². The zero-order valence-corrected chi connectivity index (χ0v) is 13.2. The number of fused-ring (bicyclic) bond motifs is 2. The van der Waals surface area contributed by atoms with Gasteiger partial charge in [0.2, 0.25) is 5.91 Å². The van der Waals surface area contributed by atoms with Crippen LogP contribution in [0.25, 0.3) is 0 Å². The number of ether oxygens (including phenoxy) is 1. The fraction of sp³-hybridized carbons (Fsp3) is 0.421. The molecule has 1 fully saturated rings. The quantitative estimate of drug-likeness (QED) is 0.839. The molecule has 4 heteroatoms. The van der Waals surface area contributed by atoms with Crippen molar-refractivity contribution in [2.24, 2.45) is 17.6 Å². The summed E-state index contributed by atoms with van der Waals surface area (Å²) in [6.07, 6.45) is 15.3. The second-order valence-corrected chi connectivity index (χ2v) is 6.76. The zero-order valence-electron chi connectivity index (χ0n) is 13.2. The first-order chi connectivity index (χ1) is 11.2. The molecular formula is C19H22N2O2. The SMILES string of the molecule is NC1=CCC=C2OC3=CCC(CNC(=O)CC4CC4)C=C3C=C12. The number of rotatable bonds is 4. The molecule has 1 amide bonds. The van der Waals surface area contributed by atoms with Crippen molar-refractivity contribution in [2.45, 2.75) is 32.1 Å². The molecule has 3 aliphatic carbocycles. The van der Waals surface area contributed by atoms with Crippen molar-refractivity contribution in [1.29, 1.82) is 0 Å². The molecule has 0 bridgehead atoms. The molecule has 0 radical (unpaired) electrons. The van der Waals surface area contributed by atoms with E-state index < -0.39 is 0 Å². The number of hydrogen-bond acceptors (Lipinski definition) is 3. The maximum Gasteiger partial charge on any atom is 0.220 e. The van der Waals surface area contributed by atoms with E-state index in [1.807, 2.05) is 6.08 Å². The first-order valence-corrected chi connectivity index (χ1v) is 8.44. The molecule has 1 unspecified atom stereocenters. The lowest BCUT2D eigenvalue weighted by Crippen LogP contribution is -2.29. The van der Waals surface area contributed by atoms with Crippen molar-refractivity contribution < 1.29 is 9.53 Å². The van der Waals surface area contributed by atoms with Gasteiger partial charge >= 0.3 is 0 Å². The molecule has 4 aliphatic rings. The molecule has 3 N–H and O–H groups in total. The highest BCUT2D eigenvalue weighted by atomic mass is 16.5. The molecule has 0 aromatic carbocycles. The van der Waals surface area contributed by atoms with E-state index in [1.165, 1.54) is 12.8 Å². The molecule has 4 nitrogen and oxygen atoms in total. The average Bonchev–Trinajstić information content (AvgIpc) is 3.35. The fourth-order valence-electron chi connectivity index (χ4n) is 3.22. The Morgan fingerprint density at radius 3 is 2.96 bits per heavy atom. The first kappa shape index (κ1) is 14.4. The number of carbonyl (C=O) groups is 1. The van der Waals surface area contributed by atoms with E-state index in [2.05, 4.69) is 29.6 Å². The van der Waals surface area contributed by atoms with Crippen LogP contribution in [0.15, 0.2) is 58.7 Å². The summed E-state index contributed by atoms with van der Waals surface area (Å²) < 4.78 is 5.98. The molecule has 0 aromatic rings. The molecule has 1 aliphatic heterocycles. The summed E-state index contributed by atoms with van der Waals surface area (Å²) in [6.45, 7) is 0.691. The second kappa shape index (κ2) is 5.76. The van der Waals surface area contributed by atoms with Crippen LogP contribution in [-0.4, -0.2) is 12.5 Å². The van der Waals surface area contributed by atoms with Gasteiger partial charge in [-0.2, -0.15) is 0 Å². The summed E-state index contributed by atoms with van der Waals surface area (Å²) in [5.74, 6) is 2.91. The van der Waals surface area contributed by atoms with Gasteiger partial charge in [-0.15, -0.1) is 0 Å². The number of nitrogens with one attached hydrogen (secondary N) is 1. The summed E-state index contributed by atoms with van der Waals surface area (Å²) in [6, 6.07) is 0. The number of hydrogen-bond donors (Lipinski definition) is 2. The van der Waals surface area contributed by atoms with Gasteiger partial charge in [0.05, 0.1) is 0 Å². The maximum atomic E-state index is 11.8. The minimum absolute atomic E-state index is 0.184. The Bertz CT molecular complexity index is 690. The van der Waals surface area contributed by atoms with Gasteiger partial charge in [0.1, 0.15) is 11.5 Å². The second-order valence-electron chi connectivity index (χ2n) is 6.76. The molecule has 1 saturated carbocycles. The van der Waals surface area contributed by atoms with E-state index in [4.69, 9.17) is 10.5 Å². The van der Waals surface area contributed by atoms with Gasteiger partial charge in [-0.3, -0.25) is 4.79 Å². The van der Waals surface area contributed by atoms with E-state index in [0.29, 0.717) is 24.8 Å². The third kappa shape index (κ3) is 3.11. The van der Waals surface area contributed by atoms with Crippen LogP contribution in [0.2, 0.25) is 0 Å². The lowest BCUT2D eigenvalue weighted by Gasteiger charge is -2.28. The predicted molar refractivity (Wildman–Crippen MR) is 88.8 cm³/mol. The summed E-state index contributed by atoms with van der Waals surface area (Å²) >= 11 is 0. The zero-order chi connectivity index (χ0) is 15.8. The molecule has 0 aromatic heterocycles. The smallest absolute Gasteiger partial charge is 0.220 e. The number of carbonyl (C=O) groups excluding carboxylic acids is 1. The standard InChI is InChI=1S/C19H22N2O2/c20-16-2-1-3-18-15(16)10-14-8-13(6-7-17(14)23-18)11-21-19(22)9-12-4-5-12/h2-3,7-8,10,12-13H,1,4-6,9,11,20H2,(H,21,22). The Hall–Kier alpha value is -2.23. The highest BCUT2D eigenvalue weighted by Crippen LogP contribution is 2.37. The first-order valence-electron chi connectivity index (χ1n) is 8.44. The van der Waals surface area contributed by atoms with Gasteiger partial charge < -0.3 is 15.8 Å². The van der Waals surface area contributed by atoms with E-state index >= 15 is 0 Å². The van der Waals surface area contributed by atoms with Crippen molar-refractivity contribution in [3.05, 3.63) is 58.7 Å². The van der Waals surface area contributed by atoms with E-state index in [-0.39, 0.29) is 5.91 Å². The normalized spacial score (nSPS) is 25.6. The molecule has 1 atom stereocenters. The monoisotopic (exact) mass is 310 g/mol. The van der Waals surface area contributed by atoms with Crippen LogP contribution in [0.1, 0.15) is 32.1 Å². The Balaban J connectivity index is 1.44. The minimum Gasteiger partial charge on any atom is -0.457 e. The number of allylic oxidation sites excluding steroid dienone is 4. The van der Waals surface area contributed by atoms with E-state index in [1.54, 1.807) is 0 Å². The average molecular weight is 310 g/mol. The summed E-state index contributed by atoms with van der Waals surface area (Å²) in [4.78, 5) is 11.8. The van der Waals surface area contributed by atoms with Gasteiger partial charge in [0, 0.05) is 29.8 Å². The predicted octanol–water partition coefficient (Wildman–Crippen LogP) is 2.82. The van der Waals surface area contributed by atoms with E-state index in [9.17, 15) is 4.79 Å². The highest BCUT2D eigenvalue weighted by Gasteiger charge is 2.27. The molecule has 1 heterocycles. The topological polar surface area (TPSA) is 64.3 Å². The van der Waals surface area contributed by atoms with Gasteiger partial charge in [-0.1, -0.05) is 12.2 Å². The van der Waals surface area contributed by atoms with Crippen LogP contribution < -0.4 is 11.1 Å². The number of nitrogens with two attached hydrogens (primary N) is 1. The van der Waals surface area contributed by atoms with Crippen molar-refractivity contribution in [3.8, 4) is 0 Å². The molecule has 0 spiro atoms. The van der Waals surface area contributed by atoms with Crippen molar-refractivity contribution in [1.82, 2.24) is 5.32 Å². The molecule has 23 heavy (non-hydrogen) atoms. The Morgan fingerprint density at radius 2 is 2.13 bits per heavy atom. The minimum atomic E-state index is 0.184. The van der Waals surface area contributed by atoms with Gasteiger partial charge in [-0.05, 0) is 55.7 Å². The maximum absolute atomic E-state index is 11.8. The molecule has 0 saturated heterocycles. The van der Waals surface area contributed by atoms with Crippen molar-refractivity contribution in [2.75, 3.05) is 6.54 Å². The third-order valence-corrected chi connectivity index (χ3v) is 4.78. The fourth-order valence-corrected chi connectivity index (χ4v) is 3.22. The van der Waals surface area contributed by atoms with Crippen molar-refractivity contribution >= 4 is 5.91 Å². The highest BCUT2D eigenvalue weighted by molar-refractivity contribution is 5.76. The van der Waals surface area contributed by atoms with Crippen LogP contribution in [-0.2, 0) is 9.53 Å². The van der Waals surface area contributed by atoms with Crippen LogP contribution in [0.4, 0.5) is 0 Å². The van der Waals surface area contributed by atoms with E-state index in [0.717, 1.165) is 41.2 Å². The molecule has 120 valence electrons. The number of amides is 1. The van der Waals surface area contributed by atoms with Crippen molar-refractivity contribution in [3.63, 3.8) is 0 Å². The Kier molecular flexibility index (Phi) is 3.60. The van der Waals surface area contributed by atoms with Gasteiger partial charge in [0.15, 0.2) is 0 Å². The summed E-state index contributed by atoms with van der Waals surface area (Å²) in [5, 5.41) is 3.06.